The third kappa shape index (κ3) is 7.71. The van der Waals surface area contributed by atoms with Gasteiger partial charge in [-0.1, -0.05) is 60.2 Å². The largest absolute Gasteiger partial charge is 0.463 e. The Morgan fingerprint density at radius 2 is 1.53 bits per heavy atom. The standard InChI is InChI=1S/C27H31NO5S/c1-20(2)32-27(29)24(19-28-18-23-7-5-4-6-8-23)17-22-11-13-25(14-12-22)33-34(30,31)26-15-9-21(3)10-16-26/h4-16,20,24,28H,17-19H2,1-3H3. The van der Waals surface area contributed by atoms with Crippen LogP contribution in [0.15, 0.2) is 83.8 Å². The lowest BCUT2D eigenvalue weighted by Gasteiger charge is -2.19. The second-order valence-corrected chi connectivity index (χ2v) is 10.0. The van der Waals surface area contributed by atoms with Crippen LogP contribution in [0.1, 0.15) is 30.5 Å². The fraction of sp³-hybridized carbons (Fsp3) is 0.296. The molecule has 0 aliphatic rings. The molecule has 6 nitrogen and oxygen atoms in total. The number of rotatable bonds is 11. The number of aryl methyl sites for hydroxylation is 1. The third-order valence-electron chi connectivity index (χ3n) is 5.17. The van der Waals surface area contributed by atoms with E-state index in [2.05, 4.69) is 5.32 Å². The molecule has 3 rings (SSSR count). The van der Waals surface area contributed by atoms with Gasteiger partial charge in [0, 0.05) is 13.1 Å². The molecule has 0 aliphatic heterocycles. The zero-order chi connectivity index (χ0) is 24.6. The molecule has 180 valence electrons. The maximum atomic E-state index is 12.7. The van der Waals surface area contributed by atoms with Gasteiger partial charge >= 0.3 is 16.1 Å². The smallest absolute Gasteiger partial charge is 0.339 e. The van der Waals surface area contributed by atoms with E-state index in [0.717, 1.165) is 16.7 Å². The SMILES string of the molecule is Cc1ccc(S(=O)(=O)Oc2ccc(CC(CNCc3ccccc3)C(=O)OC(C)C)cc2)cc1. The van der Waals surface area contributed by atoms with Gasteiger partial charge in [-0.15, -0.1) is 0 Å². The molecule has 1 atom stereocenters. The first kappa shape index (κ1) is 25.5. The van der Waals surface area contributed by atoms with Crippen molar-refractivity contribution in [2.75, 3.05) is 6.54 Å². The van der Waals surface area contributed by atoms with Gasteiger partial charge in [0.05, 0.1) is 12.0 Å². The van der Waals surface area contributed by atoms with Crippen molar-refractivity contribution >= 4 is 16.1 Å². The van der Waals surface area contributed by atoms with Gasteiger partial charge < -0.3 is 14.2 Å². The van der Waals surface area contributed by atoms with Crippen molar-refractivity contribution in [2.24, 2.45) is 5.92 Å². The van der Waals surface area contributed by atoms with Crippen molar-refractivity contribution in [1.29, 1.82) is 0 Å². The molecule has 3 aromatic carbocycles. The van der Waals surface area contributed by atoms with Crippen molar-refractivity contribution < 1.29 is 22.1 Å². The van der Waals surface area contributed by atoms with Crippen molar-refractivity contribution in [3.05, 3.63) is 95.6 Å². The van der Waals surface area contributed by atoms with Crippen LogP contribution in [0, 0.1) is 12.8 Å². The zero-order valence-corrected chi connectivity index (χ0v) is 20.5. The second kappa shape index (κ2) is 11.8. The van der Waals surface area contributed by atoms with Gasteiger partial charge in [-0.25, -0.2) is 0 Å². The molecule has 0 amide bonds. The summed E-state index contributed by atoms with van der Waals surface area (Å²) in [6.07, 6.45) is 0.255. The van der Waals surface area contributed by atoms with E-state index in [1.54, 1.807) is 36.4 Å². The van der Waals surface area contributed by atoms with Gasteiger partial charge in [-0.05, 0) is 62.6 Å². The van der Waals surface area contributed by atoms with E-state index in [0.29, 0.717) is 19.5 Å². The lowest BCUT2D eigenvalue weighted by atomic mass is 9.99. The first-order chi connectivity index (χ1) is 16.2. The van der Waals surface area contributed by atoms with Gasteiger partial charge in [-0.2, -0.15) is 8.42 Å². The Balaban J connectivity index is 1.64. The molecule has 0 fully saturated rings. The number of benzene rings is 3. The minimum atomic E-state index is -3.92. The van der Waals surface area contributed by atoms with Gasteiger partial charge in [0.1, 0.15) is 10.6 Å². The Morgan fingerprint density at radius 1 is 0.882 bits per heavy atom. The molecular weight excluding hydrogens is 450 g/mol. The number of hydrogen-bond acceptors (Lipinski definition) is 6. The van der Waals surface area contributed by atoms with Crippen LogP contribution < -0.4 is 9.50 Å². The van der Waals surface area contributed by atoms with E-state index in [1.165, 1.54) is 12.1 Å². The lowest BCUT2D eigenvalue weighted by molar-refractivity contribution is -0.152. The Hall–Kier alpha value is -3.16. The van der Waals surface area contributed by atoms with E-state index in [-0.39, 0.29) is 28.6 Å². The molecule has 0 saturated carbocycles. The first-order valence-corrected chi connectivity index (χ1v) is 12.7. The summed E-state index contributed by atoms with van der Waals surface area (Å²) in [5, 5.41) is 3.34. The van der Waals surface area contributed by atoms with Crippen LogP contribution in [0.3, 0.4) is 0 Å². The highest BCUT2D eigenvalue weighted by Crippen LogP contribution is 2.21. The lowest BCUT2D eigenvalue weighted by Crippen LogP contribution is -2.32. The molecule has 0 saturated heterocycles. The van der Waals surface area contributed by atoms with Crippen molar-refractivity contribution in [2.45, 2.75) is 44.7 Å². The molecule has 1 unspecified atom stereocenters. The molecule has 3 aromatic rings. The van der Waals surface area contributed by atoms with Crippen LogP contribution in [-0.4, -0.2) is 27.0 Å². The minimum Gasteiger partial charge on any atom is -0.463 e. The summed E-state index contributed by atoms with van der Waals surface area (Å²) in [4.78, 5) is 12.8. The van der Waals surface area contributed by atoms with Crippen molar-refractivity contribution in [3.63, 3.8) is 0 Å². The molecule has 7 heteroatoms. The zero-order valence-electron chi connectivity index (χ0n) is 19.7. The number of ether oxygens (including phenoxy) is 1. The van der Waals surface area contributed by atoms with Gasteiger partial charge in [0.15, 0.2) is 0 Å². The van der Waals surface area contributed by atoms with E-state index in [1.807, 2.05) is 51.1 Å². The fourth-order valence-electron chi connectivity index (χ4n) is 3.40. The van der Waals surface area contributed by atoms with E-state index >= 15 is 0 Å². The van der Waals surface area contributed by atoms with Crippen LogP contribution in [0.5, 0.6) is 5.75 Å². The van der Waals surface area contributed by atoms with Crippen LogP contribution in [0.25, 0.3) is 0 Å². The number of nitrogens with one attached hydrogen (secondary N) is 1. The minimum absolute atomic E-state index is 0.100. The van der Waals surface area contributed by atoms with Crippen molar-refractivity contribution in [3.8, 4) is 5.75 Å². The predicted octanol–water partition coefficient (Wildman–Crippen LogP) is 4.66. The summed E-state index contributed by atoms with van der Waals surface area (Å²) in [6, 6.07) is 23.2. The highest BCUT2D eigenvalue weighted by atomic mass is 32.2. The molecule has 1 N–H and O–H groups in total. The van der Waals surface area contributed by atoms with Gasteiger partial charge in [0.2, 0.25) is 0 Å². The Bertz CT molecular complexity index is 1160. The summed E-state index contributed by atoms with van der Waals surface area (Å²) >= 11 is 0. The summed E-state index contributed by atoms with van der Waals surface area (Å²) in [5.74, 6) is -0.431. The Morgan fingerprint density at radius 3 is 2.15 bits per heavy atom. The predicted molar refractivity (Wildman–Crippen MR) is 132 cm³/mol. The number of carbonyl (C=O) groups is 1. The quantitative estimate of drug-likeness (QED) is 0.317. The summed E-state index contributed by atoms with van der Waals surface area (Å²) in [5.41, 5.74) is 2.98. The van der Waals surface area contributed by atoms with Gasteiger partial charge in [-0.3, -0.25) is 4.79 Å². The van der Waals surface area contributed by atoms with Crippen LogP contribution in [0.2, 0.25) is 0 Å². The van der Waals surface area contributed by atoms with E-state index < -0.39 is 10.1 Å². The maximum absolute atomic E-state index is 12.7. The topological polar surface area (TPSA) is 81.7 Å². The van der Waals surface area contributed by atoms with Crippen LogP contribution in [-0.2, 0) is 32.6 Å². The number of carbonyl (C=O) groups excluding carboxylic acids is 1. The molecule has 0 aliphatic carbocycles. The number of esters is 1. The van der Waals surface area contributed by atoms with Gasteiger partial charge in [0.25, 0.3) is 0 Å². The van der Waals surface area contributed by atoms with Crippen molar-refractivity contribution in [1.82, 2.24) is 5.32 Å². The number of hydrogen-bond donors (Lipinski definition) is 1. The highest BCUT2D eigenvalue weighted by Gasteiger charge is 2.22. The molecule has 34 heavy (non-hydrogen) atoms. The average Bonchev–Trinajstić information content (AvgIpc) is 2.80. The first-order valence-electron chi connectivity index (χ1n) is 11.3. The second-order valence-electron chi connectivity index (χ2n) is 8.50. The van der Waals surface area contributed by atoms with E-state index in [4.69, 9.17) is 8.92 Å². The van der Waals surface area contributed by atoms with Crippen LogP contribution >= 0.6 is 0 Å². The monoisotopic (exact) mass is 481 g/mol. The third-order valence-corrected chi connectivity index (χ3v) is 6.43. The molecule has 0 radical (unpaired) electrons. The average molecular weight is 482 g/mol. The molecule has 0 aromatic heterocycles. The normalized spacial score (nSPS) is 12.4. The van der Waals surface area contributed by atoms with E-state index in [9.17, 15) is 13.2 Å². The Kier molecular flexibility index (Phi) is 8.85. The highest BCUT2D eigenvalue weighted by molar-refractivity contribution is 7.87. The Labute approximate surface area is 202 Å². The maximum Gasteiger partial charge on any atom is 0.339 e. The summed E-state index contributed by atoms with van der Waals surface area (Å²) < 4.78 is 35.7. The molecule has 0 spiro atoms. The summed E-state index contributed by atoms with van der Waals surface area (Å²) in [7, 11) is -3.92. The fourth-order valence-corrected chi connectivity index (χ4v) is 4.33. The molecule has 0 heterocycles. The molecule has 0 bridgehead atoms. The molecular formula is C27H31NO5S. The van der Waals surface area contributed by atoms with Crippen LogP contribution in [0.4, 0.5) is 0 Å². The summed E-state index contributed by atoms with van der Waals surface area (Å²) in [6.45, 7) is 6.65.